The van der Waals surface area contributed by atoms with E-state index in [4.69, 9.17) is 20.1 Å². The van der Waals surface area contributed by atoms with Gasteiger partial charge < -0.3 is 21.1 Å². The molecule has 0 aliphatic rings. The quantitative estimate of drug-likeness (QED) is 0.394. The van der Waals surface area contributed by atoms with Crippen LogP contribution < -0.4 is 5.73 Å². The monoisotopic (exact) mass is 165 g/mol. The number of hydrogen-bond donors (Lipinski definition) is 4. The van der Waals surface area contributed by atoms with E-state index in [0.29, 0.717) is 0 Å². The fourth-order valence-corrected chi connectivity index (χ4v) is 0.129. The second kappa shape index (κ2) is 6.33. The number of primary amides is 1. The van der Waals surface area contributed by atoms with Crippen molar-refractivity contribution < 1.29 is 29.7 Å². The SMILES string of the molecule is NC(=O)O.O=C(O)CC(=O)O. The fraction of sp³-hybridized carbons (Fsp3) is 0.250. The van der Waals surface area contributed by atoms with Crippen molar-refractivity contribution in [1.29, 1.82) is 0 Å². The number of hydrogen-bond acceptors (Lipinski definition) is 3. The van der Waals surface area contributed by atoms with Gasteiger partial charge in [0.1, 0.15) is 6.42 Å². The minimum absolute atomic E-state index is 0.806. The largest absolute Gasteiger partial charge is 0.481 e. The third-order valence-electron chi connectivity index (χ3n) is 0.302. The van der Waals surface area contributed by atoms with E-state index < -0.39 is 24.5 Å². The number of amides is 1. The van der Waals surface area contributed by atoms with Gasteiger partial charge in [-0.1, -0.05) is 0 Å². The molecule has 0 radical (unpaired) electrons. The van der Waals surface area contributed by atoms with Crippen molar-refractivity contribution in [1.82, 2.24) is 0 Å². The van der Waals surface area contributed by atoms with E-state index in [2.05, 4.69) is 5.73 Å². The molecule has 0 aromatic carbocycles. The molecule has 64 valence electrons. The topological polar surface area (TPSA) is 138 Å². The third-order valence-corrected chi connectivity index (χ3v) is 0.302. The summed E-state index contributed by atoms with van der Waals surface area (Å²) in [6, 6.07) is 0. The summed E-state index contributed by atoms with van der Waals surface area (Å²) in [5.41, 5.74) is 4.03. The summed E-state index contributed by atoms with van der Waals surface area (Å²) >= 11 is 0. The molecule has 11 heavy (non-hydrogen) atoms. The molecule has 5 N–H and O–H groups in total. The maximum absolute atomic E-state index is 9.43. The molecular weight excluding hydrogens is 158 g/mol. The summed E-state index contributed by atoms with van der Waals surface area (Å²) in [7, 11) is 0. The molecular formula is C4H7NO6. The van der Waals surface area contributed by atoms with Crippen LogP contribution in [0.15, 0.2) is 0 Å². The van der Waals surface area contributed by atoms with Crippen LogP contribution in [-0.4, -0.2) is 33.4 Å². The summed E-state index contributed by atoms with van der Waals surface area (Å²) in [5.74, 6) is -2.62. The fourth-order valence-electron chi connectivity index (χ4n) is 0.129. The lowest BCUT2D eigenvalue weighted by molar-refractivity contribution is -0.147. The Labute approximate surface area is 61.0 Å². The Morgan fingerprint density at radius 1 is 1.00 bits per heavy atom. The van der Waals surface area contributed by atoms with Crippen molar-refractivity contribution in [3.05, 3.63) is 0 Å². The predicted octanol–water partition coefficient (Wildman–Crippen LogP) is -0.831. The maximum atomic E-state index is 9.43. The zero-order chi connectivity index (χ0) is 9.44. The zero-order valence-corrected chi connectivity index (χ0v) is 5.35. The van der Waals surface area contributed by atoms with Gasteiger partial charge in [-0.15, -0.1) is 0 Å². The lowest BCUT2D eigenvalue weighted by Crippen LogP contribution is -2.03. The molecule has 0 fully saturated rings. The summed E-state index contributed by atoms with van der Waals surface area (Å²) in [6.07, 6.45) is -2.14. The normalized spacial score (nSPS) is 7.27. The molecule has 0 rings (SSSR count). The van der Waals surface area contributed by atoms with Crippen LogP contribution in [0.5, 0.6) is 0 Å². The lowest BCUT2D eigenvalue weighted by atomic mass is 10.5. The Morgan fingerprint density at radius 3 is 1.18 bits per heavy atom. The van der Waals surface area contributed by atoms with Crippen molar-refractivity contribution in [2.75, 3.05) is 0 Å². The van der Waals surface area contributed by atoms with Crippen molar-refractivity contribution in [2.45, 2.75) is 6.42 Å². The highest BCUT2D eigenvalue weighted by Crippen LogP contribution is 1.74. The number of carboxylic acids is 2. The van der Waals surface area contributed by atoms with Crippen LogP contribution in [0.2, 0.25) is 0 Å². The molecule has 0 saturated heterocycles. The Morgan fingerprint density at radius 2 is 1.18 bits per heavy atom. The Balaban J connectivity index is 0. The highest BCUT2D eigenvalue weighted by Gasteiger charge is 2.01. The molecule has 0 atom stereocenters. The molecule has 0 aliphatic carbocycles. The smallest absolute Gasteiger partial charge is 0.402 e. The maximum Gasteiger partial charge on any atom is 0.402 e. The second-order valence-electron chi connectivity index (χ2n) is 1.30. The van der Waals surface area contributed by atoms with Crippen molar-refractivity contribution in [3.8, 4) is 0 Å². The van der Waals surface area contributed by atoms with Gasteiger partial charge in [-0.2, -0.15) is 0 Å². The minimum atomic E-state index is -1.33. The van der Waals surface area contributed by atoms with Crippen LogP contribution in [0.3, 0.4) is 0 Å². The van der Waals surface area contributed by atoms with Gasteiger partial charge in [-0.05, 0) is 0 Å². The first-order valence-corrected chi connectivity index (χ1v) is 2.28. The zero-order valence-electron chi connectivity index (χ0n) is 5.35. The highest BCUT2D eigenvalue weighted by molar-refractivity contribution is 5.88. The van der Waals surface area contributed by atoms with Crippen LogP contribution in [0.4, 0.5) is 4.79 Å². The number of aliphatic carboxylic acids is 2. The van der Waals surface area contributed by atoms with Crippen molar-refractivity contribution >= 4 is 18.0 Å². The van der Waals surface area contributed by atoms with Crippen LogP contribution in [0, 0.1) is 0 Å². The summed E-state index contributed by atoms with van der Waals surface area (Å²) in [5, 5.41) is 22.6. The van der Waals surface area contributed by atoms with E-state index >= 15 is 0 Å². The van der Waals surface area contributed by atoms with Crippen LogP contribution >= 0.6 is 0 Å². The minimum Gasteiger partial charge on any atom is -0.481 e. The molecule has 0 unspecified atom stereocenters. The van der Waals surface area contributed by atoms with Gasteiger partial charge in [-0.3, -0.25) is 9.59 Å². The molecule has 0 aromatic heterocycles. The molecule has 0 aromatic rings. The van der Waals surface area contributed by atoms with E-state index in [1.165, 1.54) is 0 Å². The van der Waals surface area contributed by atoms with Crippen molar-refractivity contribution in [2.24, 2.45) is 5.73 Å². The third kappa shape index (κ3) is 64.8. The predicted molar refractivity (Wildman–Crippen MR) is 32.1 cm³/mol. The molecule has 0 heterocycles. The van der Waals surface area contributed by atoms with Gasteiger partial charge in [0.2, 0.25) is 0 Å². The first-order valence-electron chi connectivity index (χ1n) is 2.28. The van der Waals surface area contributed by atoms with Gasteiger partial charge in [0.05, 0.1) is 0 Å². The van der Waals surface area contributed by atoms with Gasteiger partial charge in [0.25, 0.3) is 0 Å². The average molecular weight is 165 g/mol. The lowest BCUT2D eigenvalue weighted by Gasteiger charge is -1.80. The molecule has 7 nitrogen and oxygen atoms in total. The first kappa shape index (κ1) is 11.9. The second-order valence-corrected chi connectivity index (χ2v) is 1.30. The Bertz CT molecular complexity index is 148. The van der Waals surface area contributed by atoms with Gasteiger partial charge in [-0.25, -0.2) is 4.79 Å². The Kier molecular flexibility index (Phi) is 6.87. The molecule has 0 spiro atoms. The van der Waals surface area contributed by atoms with E-state index in [-0.39, 0.29) is 0 Å². The molecule has 7 heteroatoms. The number of carbonyl (C=O) groups is 3. The van der Waals surface area contributed by atoms with E-state index in [0.717, 1.165) is 0 Å². The number of carboxylic acid groups (broad SMARTS) is 3. The number of nitrogens with two attached hydrogens (primary N) is 1. The standard InChI is InChI=1S/C3H4O4.CH3NO2/c4-2(5)1-3(6)7;2-1(3)4/h1H2,(H,4,5)(H,6,7);2H2,(H,3,4). The van der Waals surface area contributed by atoms with Crippen LogP contribution in [0.1, 0.15) is 6.42 Å². The molecule has 0 aliphatic heterocycles. The molecule has 0 bridgehead atoms. The molecule has 0 saturated carbocycles. The van der Waals surface area contributed by atoms with E-state index in [1.807, 2.05) is 0 Å². The van der Waals surface area contributed by atoms with Crippen molar-refractivity contribution in [3.63, 3.8) is 0 Å². The molecule has 1 amide bonds. The Hall–Kier alpha value is -1.79. The van der Waals surface area contributed by atoms with Crippen LogP contribution in [0.25, 0.3) is 0 Å². The van der Waals surface area contributed by atoms with Gasteiger partial charge in [0.15, 0.2) is 0 Å². The number of rotatable bonds is 2. The van der Waals surface area contributed by atoms with E-state index in [9.17, 15) is 9.59 Å². The summed E-state index contributed by atoms with van der Waals surface area (Å²) < 4.78 is 0. The van der Waals surface area contributed by atoms with Gasteiger partial charge >= 0.3 is 18.0 Å². The van der Waals surface area contributed by atoms with Crippen LogP contribution in [-0.2, 0) is 9.59 Å². The average Bonchev–Trinajstić information content (AvgIpc) is 1.56. The summed E-state index contributed by atoms with van der Waals surface area (Å²) in [6.45, 7) is 0. The summed E-state index contributed by atoms with van der Waals surface area (Å²) in [4.78, 5) is 27.6. The van der Waals surface area contributed by atoms with E-state index in [1.54, 1.807) is 0 Å². The van der Waals surface area contributed by atoms with Gasteiger partial charge in [0, 0.05) is 0 Å². The first-order chi connectivity index (χ1) is 4.86. The highest BCUT2D eigenvalue weighted by atomic mass is 16.4.